The van der Waals surface area contributed by atoms with Gasteiger partial charge in [0.2, 0.25) is 82.7 Å². The van der Waals surface area contributed by atoms with Crippen LogP contribution < -0.4 is 97.8 Å². The lowest BCUT2D eigenvalue weighted by Crippen LogP contribution is -2.61. The molecule has 0 saturated carbocycles. The molecule has 2 aliphatic rings. The number of hydrogen-bond acceptors (Lipinski definition) is 24. The normalized spacial score (nSPS) is 17.4. The van der Waals surface area contributed by atoms with E-state index >= 15 is 0 Å². The number of carbonyl (C=O) groups excluding carboxylic acids is 14. The molecule has 0 unspecified atom stereocenters. The number of benzene rings is 1. The Morgan fingerprint density at radius 3 is 1.45 bits per heavy atom. The van der Waals surface area contributed by atoms with E-state index in [-0.39, 0.29) is 82.2 Å². The summed E-state index contributed by atoms with van der Waals surface area (Å²) in [6.07, 6.45) is -3.35. The van der Waals surface area contributed by atoms with Crippen LogP contribution in [0.25, 0.3) is 0 Å². The van der Waals surface area contributed by atoms with E-state index in [0.29, 0.717) is 24.9 Å². The summed E-state index contributed by atoms with van der Waals surface area (Å²) in [7, 11) is 0. The van der Waals surface area contributed by atoms with Crippen molar-refractivity contribution in [1.82, 2.24) is 74.0 Å². The second-order valence-corrected chi connectivity index (χ2v) is 24.2. The third-order valence-electron chi connectivity index (χ3n) is 15.9. The largest absolute Gasteiger partial charge is 0.508 e. The van der Waals surface area contributed by atoms with Crippen molar-refractivity contribution in [2.75, 3.05) is 59.1 Å². The molecular formula is C60H97N21O22. The molecule has 103 heavy (non-hydrogen) atoms. The molecule has 1 aromatic carbocycles. The van der Waals surface area contributed by atoms with Crippen LogP contribution in [0.5, 0.6) is 5.75 Å². The van der Waals surface area contributed by atoms with Crippen molar-refractivity contribution in [1.29, 1.82) is 0 Å². The van der Waals surface area contributed by atoms with Crippen LogP contribution in [0.3, 0.4) is 0 Å². The fourth-order valence-electron chi connectivity index (χ4n) is 10.3. The number of aromatic hydroxyl groups is 1. The number of carbonyl (C=O) groups is 15. The number of carboxylic acids is 1. The van der Waals surface area contributed by atoms with Crippen molar-refractivity contribution >= 4 is 101 Å². The highest BCUT2D eigenvalue weighted by Crippen LogP contribution is 2.20. The average Bonchev–Trinajstić information content (AvgIpc) is 1.74. The quantitative estimate of drug-likeness (QED) is 0.0164. The number of guanidine groups is 2. The minimum atomic E-state index is -1.98. The molecule has 574 valence electrons. The number of aliphatic hydroxyl groups excluding tert-OH is 5. The topological polar surface area (TPSA) is 712 Å². The van der Waals surface area contributed by atoms with E-state index in [1.807, 2.05) is 0 Å². The molecule has 14 atom stereocenters. The van der Waals surface area contributed by atoms with Crippen molar-refractivity contribution < 1.29 is 108 Å². The number of primary amides is 1. The Morgan fingerprint density at radius 1 is 0.524 bits per heavy atom. The number of aliphatic carboxylic acids is 1. The Balaban J connectivity index is 1.73. The smallest absolute Gasteiger partial charge is 0.303 e. The molecule has 0 bridgehead atoms. The summed E-state index contributed by atoms with van der Waals surface area (Å²) in [4.78, 5) is 208. The predicted molar refractivity (Wildman–Crippen MR) is 359 cm³/mol. The number of aliphatic imine (C=N–C) groups is 2. The zero-order chi connectivity index (χ0) is 77.2. The van der Waals surface area contributed by atoms with Crippen molar-refractivity contribution in [3.8, 4) is 5.75 Å². The molecule has 30 N–H and O–H groups in total. The van der Waals surface area contributed by atoms with Gasteiger partial charge < -0.3 is 138 Å². The molecule has 43 nitrogen and oxygen atoms in total. The van der Waals surface area contributed by atoms with Gasteiger partial charge in [0.25, 0.3) is 0 Å². The number of carboxylic acid groups (broad SMARTS) is 1. The molecule has 0 aliphatic carbocycles. The molecule has 2 heterocycles. The van der Waals surface area contributed by atoms with Crippen LogP contribution in [-0.4, -0.2) is 285 Å². The third-order valence-corrected chi connectivity index (χ3v) is 15.9. The number of phenolic OH excluding ortho intramolecular Hbond substituents is 1. The van der Waals surface area contributed by atoms with E-state index in [2.05, 4.69) is 79.1 Å². The van der Waals surface area contributed by atoms with Crippen LogP contribution in [0.1, 0.15) is 90.5 Å². The lowest BCUT2D eigenvalue weighted by Gasteiger charge is -2.30. The highest BCUT2D eigenvalue weighted by molar-refractivity contribution is 6.00. The number of likely N-dealkylation sites (tertiary alicyclic amines) is 1. The lowest BCUT2D eigenvalue weighted by atomic mass is 10.0. The summed E-state index contributed by atoms with van der Waals surface area (Å²) in [5.74, 6) is -16.6. The first kappa shape index (κ1) is 86.6. The number of aliphatic hydroxyl groups is 5. The molecule has 2 aliphatic heterocycles. The van der Waals surface area contributed by atoms with Crippen LogP contribution in [0.4, 0.5) is 0 Å². The second kappa shape index (κ2) is 43.9. The van der Waals surface area contributed by atoms with Crippen molar-refractivity contribution in [3.05, 3.63) is 29.8 Å². The first-order chi connectivity index (χ1) is 48.6. The van der Waals surface area contributed by atoms with Crippen molar-refractivity contribution in [2.24, 2.45) is 38.7 Å². The summed E-state index contributed by atoms with van der Waals surface area (Å²) in [5.41, 5.74) is 27.6. The number of phenols is 1. The molecule has 43 heteroatoms. The lowest BCUT2D eigenvalue weighted by molar-refractivity contribution is -0.142. The number of amides is 14. The van der Waals surface area contributed by atoms with Gasteiger partial charge in [-0.2, -0.15) is 0 Å². The molecule has 0 radical (unpaired) electrons. The maximum Gasteiger partial charge on any atom is 0.303 e. The minimum absolute atomic E-state index is 0.00398. The molecule has 3 rings (SSSR count). The molecule has 2 saturated heterocycles. The fourth-order valence-corrected chi connectivity index (χ4v) is 10.3. The summed E-state index contributed by atoms with van der Waals surface area (Å²) < 4.78 is 0. The molecule has 0 spiro atoms. The summed E-state index contributed by atoms with van der Waals surface area (Å²) in [6.45, 7) is -1.27. The van der Waals surface area contributed by atoms with Gasteiger partial charge >= 0.3 is 5.97 Å². The van der Waals surface area contributed by atoms with E-state index in [1.165, 1.54) is 38.1 Å². The zero-order valence-corrected chi connectivity index (χ0v) is 57.0. The van der Waals surface area contributed by atoms with E-state index < -0.39 is 219 Å². The minimum Gasteiger partial charge on any atom is -0.508 e. The van der Waals surface area contributed by atoms with Crippen molar-refractivity contribution in [3.63, 3.8) is 0 Å². The van der Waals surface area contributed by atoms with Gasteiger partial charge in [-0.25, -0.2) is 0 Å². The molecule has 14 amide bonds. The van der Waals surface area contributed by atoms with Crippen LogP contribution >= 0.6 is 0 Å². The molecular weight excluding hydrogens is 1370 g/mol. The molecule has 1 aromatic rings. The van der Waals surface area contributed by atoms with Gasteiger partial charge in [0.15, 0.2) is 11.9 Å². The molecule has 2 fully saturated rings. The van der Waals surface area contributed by atoms with Gasteiger partial charge in [-0.3, -0.25) is 81.9 Å². The summed E-state index contributed by atoms with van der Waals surface area (Å²) >= 11 is 0. The first-order valence-corrected chi connectivity index (χ1v) is 32.8. The summed E-state index contributed by atoms with van der Waals surface area (Å²) in [5, 5.41) is 101. The Hall–Kier alpha value is -10.6. The van der Waals surface area contributed by atoms with E-state index in [0.717, 1.165) is 11.8 Å². The van der Waals surface area contributed by atoms with E-state index in [4.69, 9.17) is 28.7 Å². The standard InChI is InChI=1S/C60H97N21O22/c1-28(58(103)81-21-7-11-41(81)56(101)76-36(16-17-44(90)91)52(97)79-45(29(2)85)47(61)92)71-50(95)34(9-5-19-67-59(62)63)74-51(96)35(10-6-20-68-60(64)65)75-54(99)39(26-83)78-55(100)40(27-84)77-53(98)38(25-82)73-43(89)23-69-48(93)37(22-31-12-14-32(87)15-13-31)72-42(88)24-70-57(102)46(30(3)86)80-49(94)33-8-4-18-66-33/h12-15,28-30,33-41,45-46,66,82-87H,4-11,16-27H2,1-3H3,(H2,61,92)(H,69,93)(H,70,102)(H,71,95)(H,72,88)(H,73,89)(H,74,96)(H,75,99)(H,76,101)(H,77,98)(H,78,100)(H,79,97)(H,80,94)(H,90,91)(H4,62,63,67)(H4,64,65,68)/t28-,29+,30+,33-,34-,35-,36-,37-,38-,39-,40-,41-,45-,46-/m0/s1. The van der Waals surface area contributed by atoms with Crippen LogP contribution in [0, 0.1) is 0 Å². The van der Waals surface area contributed by atoms with E-state index in [1.54, 1.807) is 0 Å². The fraction of sp³-hybridized carbons (Fsp3) is 0.617. The van der Waals surface area contributed by atoms with Gasteiger partial charge in [-0.1, -0.05) is 12.1 Å². The SMILES string of the molecule is C[C@H](NC(=O)[C@H](CCCN=C(N)N)NC(=O)[C@H](CCCN=C(N)N)NC(=O)[C@H](CO)NC(=O)[C@H](CO)NC(=O)[C@H](CO)NC(=O)CNC(=O)[C@H](Cc1ccc(O)cc1)NC(=O)CNC(=O)[C@@H](NC(=O)[C@@H]1CCCN1)[C@@H](C)O)C(=O)N1CCC[C@H]1C(=O)N[C@@H](CCC(=O)O)C(=O)N[C@H](C(N)=O)[C@@H](C)O. The Bertz CT molecular complexity index is 3180. The van der Waals surface area contributed by atoms with Gasteiger partial charge in [0, 0.05) is 32.5 Å². The predicted octanol–water partition coefficient (Wildman–Crippen LogP) is -13.0. The maximum absolute atomic E-state index is 14.3. The van der Waals surface area contributed by atoms with Gasteiger partial charge in [-0.15, -0.1) is 0 Å². The van der Waals surface area contributed by atoms with Gasteiger partial charge in [0.05, 0.1) is 51.2 Å². The van der Waals surface area contributed by atoms with Crippen LogP contribution in [-0.2, 0) is 78.3 Å². The highest BCUT2D eigenvalue weighted by atomic mass is 16.4. The zero-order valence-electron chi connectivity index (χ0n) is 57.0. The third kappa shape index (κ3) is 30.2. The average molecular weight is 1460 g/mol. The van der Waals surface area contributed by atoms with Gasteiger partial charge in [0.1, 0.15) is 72.2 Å². The number of nitrogens with two attached hydrogens (primary N) is 5. The van der Waals surface area contributed by atoms with Crippen LogP contribution in [0.15, 0.2) is 34.3 Å². The highest BCUT2D eigenvalue weighted by Gasteiger charge is 2.40. The number of rotatable bonds is 44. The monoisotopic (exact) mass is 1460 g/mol. The Kier molecular flexibility index (Phi) is 36.9. The van der Waals surface area contributed by atoms with Crippen molar-refractivity contribution in [2.45, 2.75) is 176 Å². The molecule has 0 aromatic heterocycles. The van der Waals surface area contributed by atoms with Crippen LogP contribution in [0.2, 0.25) is 0 Å². The Morgan fingerprint density at radius 2 is 0.981 bits per heavy atom. The summed E-state index contributed by atoms with van der Waals surface area (Å²) in [6, 6.07) is -13.1. The first-order valence-electron chi connectivity index (χ1n) is 32.8. The number of hydrogen-bond donors (Lipinski definition) is 25. The maximum atomic E-state index is 14.3. The second-order valence-electron chi connectivity index (χ2n) is 24.2. The van der Waals surface area contributed by atoms with Gasteiger partial charge in [-0.05, 0) is 103 Å². The number of nitrogens with zero attached hydrogens (tertiary/aromatic N) is 3. The number of nitrogens with one attached hydrogen (secondary N) is 13. The van der Waals surface area contributed by atoms with E-state index in [9.17, 15) is 108 Å². The Labute approximate surface area is 590 Å².